The molecule has 2 saturated carbocycles. The van der Waals surface area contributed by atoms with E-state index < -0.39 is 13.7 Å². The van der Waals surface area contributed by atoms with E-state index in [1.54, 1.807) is 0 Å². The Morgan fingerprint density at radius 3 is 1.74 bits per heavy atom. The van der Waals surface area contributed by atoms with Gasteiger partial charge in [-0.05, 0) is 25.7 Å². The van der Waals surface area contributed by atoms with Gasteiger partial charge in [0.15, 0.2) is 0 Å². The van der Waals surface area contributed by atoms with Gasteiger partial charge in [0, 0.05) is 0 Å². The van der Waals surface area contributed by atoms with Crippen molar-refractivity contribution >= 4 is 8.07 Å². The summed E-state index contributed by atoms with van der Waals surface area (Å²) in [6.45, 7) is 6.92. The molecule has 19 heavy (non-hydrogen) atoms. The fourth-order valence-corrected chi connectivity index (χ4v) is 4.40. The first-order valence-electron chi connectivity index (χ1n) is 8.14. The Balaban J connectivity index is 2.30. The maximum absolute atomic E-state index is 11.3. The third kappa shape index (κ3) is 3.44. The molecule has 1 nitrogen and oxygen atoms in total. The molecule has 2 aliphatic rings. The minimum Gasteiger partial charge on any atom is -0.388 e. The van der Waals surface area contributed by atoms with E-state index in [2.05, 4.69) is 31.1 Å². The Kier molecular flexibility index (Phi) is 4.47. The minimum absolute atomic E-state index is 0.0774. The molecule has 2 fully saturated rings. The molecule has 0 atom stereocenters. The summed E-state index contributed by atoms with van der Waals surface area (Å²) in [7, 11) is -1.36. The molecule has 0 bridgehead atoms. The largest absolute Gasteiger partial charge is 0.388 e. The van der Waals surface area contributed by atoms with Crippen LogP contribution in [0.25, 0.3) is 0 Å². The molecule has 0 aromatic heterocycles. The Morgan fingerprint density at radius 2 is 1.26 bits per heavy atom. The highest BCUT2D eigenvalue weighted by molar-refractivity contribution is 6.83. The topological polar surface area (TPSA) is 20.2 Å². The standard InChI is InChI=1S/C17H30OSi/c1-19(2,3)15-14-16(10-6-4-7-11-16)17(18)12-8-5-9-13-17/h18H,4-13H2,1-3H3. The van der Waals surface area contributed by atoms with Crippen molar-refractivity contribution in [1.82, 2.24) is 0 Å². The van der Waals surface area contributed by atoms with E-state index >= 15 is 0 Å². The summed E-state index contributed by atoms with van der Waals surface area (Å²) in [6, 6.07) is 0. The van der Waals surface area contributed by atoms with Gasteiger partial charge in [-0.3, -0.25) is 0 Å². The van der Waals surface area contributed by atoms with Crippen molar-refractivity contribution in [2.45, 2.75) is 89.5 Å². The maximum Gasteiger partial charge on any atom is 0.129 e. The highest BCUT2D eigenvalue weighted by Gasteiger charge is 2.49. The van der Waals surface area contributed by atoms with Gasteiger partial charge in [-0.25, -0.2) is 0 Å². The van der Waals surface area contributed by atoms with Crippen LogP contribution in [0.15, 0.2) is 0 Å². The third-order valence-electron chi connectivity index (χ3n) is 4.96. The predicted molar refractivity (Wildman–Crippen MR) is 84.7 cm³/mol. The molecule has 0 aromatic rings. The van der Waals surface area contributed by atoms with E-state index in [4.69, 9.17) is 0 Å². The lowest BCUT2D eigenvalue weighted by Gasteiger charge is -2.48. The summed E-state index contributed by atoms with van der Waals surface area (Å²) in [6.07, 6.45) is 11.7. The zero-order valence-electron chi connectivity index (χ0n) is 13.0. The van der Waals surface area contributed by atoms with Gasteiger partial charge >= 0.3 is 0 Å². The van der Waals surface area contributed by atoms with E-state index in [0.717, 1.165) is 25.7 Å². The smallest absolute Gasteiger partial charge is 0.129 e. The van der Waals surface area contributed by atoms with E-state index in [-0.39, 0.29) is 5.41 Å². The highest BCUT2D eigenvalue weighted by atomic mass is 28.3. The van der Waals surface area contributed by atoms with Gasteiger partial charge in [0.05, 0.1) is 11.0 Å². The van der Waals surface area contributed by atoms with Crippen LogP contribution < -0.4 is 0 Å². The molecule has 1 N–H and O–H groups in total. The van der Waals surface area contributed by atoms with Gasteiger partial charge in [0.25, 0.3) is 0 Å². The predicted octanol–water partition coefficient (Wildman–Crippen LogP) is 4.51. The van der Waals surface area contributed by atoms with Gasteiger partial charge in [-0.15, -0.1) is 11.5 Å². The number of hydrogen-bond acceptors (Lipinski definition) is 1. The average Bonchev–Trinajstić information content (AvgIpc) is 2.37. The first-order valence-corrected chi connectivity index (χ1v) is 11.6. The summed E-state index contributed by atoms with van der Waals surface area (Å²) in [4.78, 5) is 0. The molecule has 108 valence electrons. The Hall–Kier alpha value is -0.263. The number of hydrogen-bond donors (Lipinski definition) is 1. The van der Waals surface area contributed by atoms with Crippen molar-refractivity contribution in [2.75, 3.05) is 0 Å². The lowest BCUT2D eigenvalue weighted by molar-refractivity contribution is -0.0960. The molecule has 0 radical (unpaired) electrons. The molecular formula is C17H30OSi. The number of aliphatic hydroxyl groups is 1. The maximum atomic E-state index is 11.3. The summed E-state index contributed by atoms with van der Waals surface area (Å²) in [5.41, 5.74) is 3.02. The summed E-state index contributed by atoms with van der Waals surface area (Å²) in [5, 5.41) is 11.3. The van der Waals surface area contributed by atoms with E-state index in [1.165, 1.54) is 38.5 Å². The first kappa shape index (κ1) is 15.1. The van der Waals surface area contributed by atoms with Crippen LogP contribution >= 0.6 is 0 Å². The second kappa shape index (κ2) is 5.62. The van der Waals surface area contributed by atoms with E-state index in [9.17, 15) is 5.11 Å². The Labute approximate surface area is 120 Å². The van der Waals surface area contributed by atoms with Crippen LogP contribution in [-0.4, -0.2) is 18.8 Å². The highest BCUT2D eigenvalue weighted by Crippen LogP contribution is 2.50. The van der Waals surface area contributed by atoms with Gasteiger partial charge < -0.3 is 5.11 Å². The van der Waals surface area contributed by atoms with Crippen LogP contribution in [0.4, 0.5) is 0 Å². The van der Waals surface area contributed by atoms with Crippen molar-refractivity contribution in [1.29, 1.82) is 0 Å². The van der Waals surface area contributed by atoms with Crippen LogP contribution in [-0.2, 0) is 0 Å². The Morgan fingerprint density at radius 1 is 0.789 bits per heavy atom. The Bertz CT molecular complexity index is 357. The van der Waals surface area contributed by atoms with Crippen molar-refractivity contribution in [3.63, 3.8) is 0 Å². The minimum atomic E-state index is -1.36. The first-order chi connectivity index (χ1) is 8.87. The average molecular weight is 279 g/mol. The molecular weight excluding hydrogens is 248 g/mol. The van der Waals surface area contributed by atoms with Gasteiger partial charge in [0.1, 0.15) is 8.07 Å². The van der Waals surface area contributed by atoms with Crippen LogP contribution in [0.5, 0.6) is 0 Å². The molecule has 0 aliphatic heterocycles. The van der Waals surface area contributed by atoms with Crippen LogP contribution in [0.2, 0.25) is 19.6 Å². The van der Waals surface area contributed by atoms with Crippen LogP contribution in [0, 0.1) is 16.9 Å². The molecule has 2 rings (SSSR count). The van der Waals surface area contributed by atoms with Crippen molar-refractivity contribution < 1.29 is 5.11 Å². The molecule has 0 aromatic carbocycles. The lowest BCUT2D eigenvalue weighted by Crippen LogP contribution is -2.50. The molecule has 0 spiro atoms. The molecule has 2 heteroatoms. The summed E-state index contributed by atoms with van der Waals surface area (Å²) >= 11 is 0. The number of rotatable bonds is 1. The second-order valence-electron chi connectivity index (χ2n) is 7.74. The summed E-state index contributed by atoms with van der Waals surface area (Å²) < 4.78 is 0. The van der Waals surface area contributed by atoms with Gasteiger partial charge in [-0.1, -0.05) is 58.2 Å². The van der Waals surface area contributed by atoms with Gasteiger partial charge in [0.2, 0.25) is 0 Å². The molecule has 0 amide bonds. The van der Waals surface area contributed by atoms with Gasteiger partial charge in [-0.2, -0.15) is 0 Å². The van der Waals surface area contributed by atoms with Crippen LogP contribution in [0.1, 0.15) is 64.2 Å². The zero-order valence-corrected chi connectivity index (χ0v) is 14.0. The van der Waals surface area contributed by atoms with E-state index in [0.29, 0.717) is 0 Å². The van der Waals surface area contributed by atoms with Crippen LogP contribution in [0.3, 0.4) is 0 Å². The third-order valence-corrected chi connectivity index (χ3v) is 5.83. The molecule has 0 unspecified atom stereocenters. The van der Waals surface area contributed by atoms with Crippen molar-refractivity contribution in [3.8, 4) is 11.5 Å². The molecule has 0 heterocycles. The fourth-order valence-electron chi connectivity index (χ4n) is 3.78. The van der Waals surface area contributed by atoms with Crippen molar-refractivity contribution in [2.24, 2.45) is 5.41 Å². The quantitative estimate of drug-likeness (QED) is 0.552. The molecule has 2 aliphatic carbocycles. The van der Waals surface area contributed by atoms with E-state index in [1.807, 2.05) is 0 Å². The lowest BCUT2D eigenvalue weighted by atomic mass is 9.59. The zero-order chi connectivity index (χ0) is 14.0. The van der Waals surface area contributed by atoms with Crippen molar-refractivity contribution in [3.05, 3.63) is 0 Å². The monoisotopic (exact) mass is 278 g/mol. The summed E-state index contributed by atoms with van der Waals surface area (Å²) in [5.74, 6) is 3.65. The normalized spacial score (nSPS) is 26.3. The molecule has 0 saturated heterocycles. The fraction of sp³-hybridized carbons (Fsp3) is 0.882. The SMILES string of the molecule is C[Si](C)(C)C#CC1(C2(O)CCCCC2)CCCCC1. The second-order valence-corrected chi connectivity index (χ2v) is 12.5.